The van der Waals surface area contributed by atoms with Crippen LogP contribution in [0.5, 0.6) is 0 Å². The van der Waals surface area contributed by atoms with Crippen LogP contribution in [0, 0.1) is 19.8 Å². The van der Waals surface area contributed by atoms with E-state index in [1.807, 2.05) is 45.9 Å². The van der Waals surface area contributed by atoms with Crippen LogP contribution in [-0.2, 0) is 0 Å². The van der Waals surface area contributed by atoms with Crippen LogP contribution in [0.25, 0.3) is 0 Å². The molecule has 2 unspecified atom stereocenters. The Hall–Kier alpha value is -1.55. The molecule has 0 saturated heterocycles. The van der Waals surface area contributed by atoms with Crippen LogP contribution in [-0.4, -0.2) is 23.3 Å². The van der Waals surface area contributed by atoms with Crippen LogP contribution in [0.4, 0.5) is 10.5 Å². The lowest BCUT2D eigenvalue weighted by Gasteiger charge is -2.29. The molecule has 0 saturated carbocycles. The van der Waals surface area contributed by atoms with E-state index in [0.29, 0.717) is 0 Å². The summed E-state index contributed by atoms with van der Waals surface area (Å²) in [5, 5.41) is 15.8. The fourth-order valence-corrected chi connectivity index (χ4v) is 1.93. The van der Waals surface area contributed by atoms with Gasteiger partial charge in [-0.05, 0) is 43.9 Å². The molecule has 1 aromatic rings. The predicted octanol–water partition coefficient (Wildman–Crippen LogP) is 3.22. The van der Waals surface area contributed by atoms with Gasteiger partial charge >= 0.3 is 6.03 Å². The summed E-state index contributed by atoms with van der Waals surface area (Å²) >= 11 is 0. The summed E-state index contributed by atoms with van der Waals surface area (Å²) in [5.41, 5.74) is 2.09. The Labute approximate surface area is 121 Å². The van der Waals surface area contributed by atoms with Crippen molar-refractivity contribution in [2.45, 2.75) is 46.6 Å². The zero-order valence-corrected chi connectivity index (χ0v) is 13.1. The van der Waals surface area contributed by atoms with Crippen molar-refractivity contribution in [2.24, 2.45) is 5.92 Å². The molecule has 1 rings (SSSR count). The largest absolute Gasteiger partial charge is 0.388 e. The Morgan fingerprint density at radius 3 is 2.65 bits per heavy atom. The van der Waals surface area contributed by atoms with Gasteiger partial charge in [0, 0.05) is 12.2 Å². The van der Waals surface area contributed by atoms with Gasteiger partial charge in [0.05, 0.1) is 5.60 Å². The van der Waals surface area contributed by atoms with Gasteiger partial charge in [-0.3, -0.25) is 0 Å². The van der Waals surface area contributed by atoms with Crippen LogP contribution in [0.1, 0.15) is 38.3 Å². The van der Waals surface area contributed by atoms with E-state index in [2.05, 4.69) is 10.6 Å². The number of urea groups is 1. The maximum atomic E-state index is 11.9. The van der Waals surface area contributed by atoms with Gasteiger partial charge in [0.2, 0.25) is 0 Å². The second kappa shape index (κ2) is 6.75. The van der Waals surface area contributed by atoms with Crippen molar-refractivity contribution in [3.05, 3.63) is 29.3 Å². The first-order chi connectivity index (χ1) is 9.27. The number of aliphatic hydroxyl groups is 1. The lowest BCUT2D eigenvalue weighted by molar-refractivity contribution is 0.00827. The molecule has 4 heteroatoms. The Morgan fingerprint density at radius 1 is 1.40 bits per heavy atom. The molecule has 3 N–H and O–H groups in total. The number of anilines is 1. The summed E-state index contributed by atoms with van der Waals surface area (Å²) in [6.45, 7) is 9.96. The highest BCUT2D eigenvalue weighted by atomic mass is 16.3. The highest BCUT2D eigenvalue weighted by Crippen LogP contribution is 2.20. The highest BCUT2D eigenvalue weighted by molar-refractivity contribution is 5.90. The van der Waals surface area contributed by atoms with Crippen molar-refractivity contribution in [1.29, 1.82) is 0 Å². The Balaban J connectivity index is 2.59. The van der Waals surface area contributed by atoms with Crippen molar-refractivity contribution in [3.63, 3.8) is 0 Å². The van der Waals surface area contributed by atoms with Gasteiger partial charge in [-0.1, -0.05) is 32.4 Å². The number of carbonyl (C=O) groups is 1. The molecular formula is C16H26N2O2. The molecule has 0 aliphatic rings. The standard InChI is InChI=1S/C16H26N2O2/c1-6-12(3)16(5,20)10-17-15(19)18-14-9-7-8-11(2)13(14)4/h7-9,12,20H,6,10H2,1-5H3,(H2,17,18,19). The monoisotopic (exact) mass is 278 g/mol. The lowest BCUT2D eigenvalue weighted by Crippen LogP contribution is -2.46. The second-order valence-electron chi connectivity index (χ2n) is 5.72. The Bertz CT molecular complexity index is 470. The summed E-state index contributed by atoms with van der Waals surface area (Å²) < 4.78 is 0. The predicted molar refractivity (Wildman–Crippen MR) is 83.0 cm³/mol. The van der Waals surface area contributed by atoms with E-state index in [0.717, 1.165) is 23.2 Å². The van der Waals surface area contributed by atoms with Gasteiger partial charge in [0.15, 0.2) is 0 Å². The van der Waals surface area contributed by atoms with Gasteiger partial charge in [0.1, 0.15) is 0 Å². The fourth-order valence-electron chi connectivity index (χ4n) is 1.93. The zero-order valence-electron chi connectivity index (χ0n) is 13.1. The first-order valence-electron chi connectivity index (χ1n) is 7.11. The van der Waals surface area contributed by atoms with Crippen LogP contribution in [0.3, 0.4) is 0 Å². The van der Waals surface area contributed by atoms with Crippen LogP contribution < -0.4 is 10.6 Å². The molecule has 0 heterocycles. The van der Waals surface area contributed by atoms with E-state index >= 15 is 0 Å². The van der Waals surface area contributed by atoms with Crippen molar-refractivity contribution in [1.82, 2.24) is 5.32 Å². The molecule has 0 radical (unpaired) electrons. The van der Waals surface area contributed by atoms with Gasteiger partial charge in [0.25, 0.3) is 0 Å². The SMILES string of the molecule is CCC(C)C(C)(O)CNC(=O)Nc1cccc(C)c1C. The van der Waals surface area contributed by atoms with E-state index in [1.165, 1.54) is 0 Å². The third-order valence-corrected chi connectivity index (χ3v) is 4.13. The minimum absolute atomic E-state index is 0.128. The summed E-state index contributed by atoms with van der Waals surface area (Å²) in [5.74, 6) is 0.128. The summed E-state index contributed by atoms with van der Waals surface area (Å²) in [4.78, 5) is 11.9. The van der Waals surface area contributed by atoms with Crippen molar-refractivity contribution in [2.75, 3.05) is 11.9 Å². The number of carbonyl (C=O) groups excluding carboxylic acids is 1. The number of hydrogen-bond donors (Lipinski definition) is 3. The van der Waals surface area contributed by atoms with E-state index in [9.17, 15) is 9.90 Å². The molecule has 0 aliphatic heterocycles. The smallest absolute Gasteiger partial charge is 0.319 e. The third-order valence-electron chi connectivity index (χ3n) is 4.13. The first-order valence-corrected chi connectivity index (χ1v) is 7.11. The van der Waals surface area contributed by atoms with Crippen LogP contribution >= 0.6 is 0 Å². The molecule has 4 nitrogen and oxygen atoms in total. The van der Waals surface area contributed by atoms with Crippen LogP contribution in [0.2, 0.25) is 0 Å². The molecular weight excluding hydrogens is 252 g/mol. The third kappa shape index (κ3) is 4.23. The normalized spacial score (nSPS) is 15.3. The van der Waals surface area contributed by atoms with E-state index < -0.39 is 5.60 Å². The molecule has 0 bridgehead atoms. The average molecular weight is 278 g/mol. The van der Waals surface area contributed by atoms with Crippen LogP contribution in [0.15, 0.2) is 18.2 Å². The molecule has 0 aliphatic carbocycles. The molecule has 1 aromatic carbocycles. The van der Waals surface area contributed by atoms with Crippen molar-refractivity contribution in [3.8, 4) is 0 Å². The van der Waals surface area contributed by atoms with Gasteiger partial charge in [-0.2, -0.15) is 0 Å². The number of hydrogen-bond acceptors (Lipinski definition) is 2. The molecule has 0 aromatic heterocycles. The molecule has 2 amide bonds. The quantitative estimate of drug-likeness (QED) is 0.774. The van der Waals surface area contributed by atoms with E-state index in [4.69, 9.17) is 0 Å². The minimum atomic E-state index is -0.895. The van der Waals surface area contributed by atoms with Crippen molar-refractivity contribution < 1.29 is 9.90 Å². The Kier molecular flexibility index (Phi) is 5.57. The summed E-state index contributed by atoms with van der Waals surface area (Å²) in [6.07, 6.45) is 0.868. The molecule has 20 heavy (non-hydrogen) atoms. The number of benzene rings is 1. The highest BCUT2D eigenvalue weighted by Gasteiger charge is 2.27. The van der Waals surface area contributed by atoms with Gasteiger partial charge in [-0.15, -0.1) is 0 Å². The topological polar surface area (TPSA) is 61.4 Å². The van der Waals surface area contributed by atoms with E-state index in [-0.39, 0.29) is 18.5 Å². The lowest BCUT2D eigenvalue weighted by atomic mass is 9.89. The average Bonchev–Trinajstić information content (AvgIpc) is 2.41. The molecule has 0 spiro atoms. The molecule has 2 atom stereocenters. The van der Waals surface area contributed by atoms with Gasteiger partial charge < -0.3 is 15.7 Å². The minimum Gasteiger partial charge on any atom is -0.388 e. The Morgan fingerprint density at radius 2 is 2.05 bits per heavy atom. The van der Waals surface area contributed by atoms with Gasteiger partial charge in [-0.25, -0.2) is 4.79 Å². The summed E-state index contributed by atoms with van der Waals surface area (Å²) in [6, 6.07) is 5.50. The summed E-state index contributed by atoms with van der Waals surface area (Å²) in [7, 11) is 0. The fraction of sp³-hybridized carbons (Fsp3) is 0.562. The maximum Gasteiger partial charge on any atom is 0.319 e. The first kappa shape index (κ1) is 16.5. The number of rotatable bonds is 5. The molecule has 112 valence electrons. The maximum absolute atomic E-state index is 11.9. The second-order valence-corrected chi connectivity index (χ2v) is 5.72. The van der Waals surface area contributed by atoms with E-state index in [1.54, 1.807) is 6.92 Å². The molecule has 0 fully saturated rings. The number of aryl methyl sites for hydroxylation is 1. The van der Waals surface area contributed by atoms with Crippen molar-refractivity contribution >= 4 is 11.7 Å². The number of amides is 2. The number of nitrogens with one attached hydrogen (secondary N) is 2. The zero-order chi connectivity index (χ0) is 15.3.